The average molecular weight is 280 g/mol. The molecule has 0 bridgehead atoms. The van der Waals surface area contributed by atoms with Crippen LogP contribution >= 0.6 is 11.3 Å². The quantitative estimate of drug-likeness (QED) is 0.693. The van der Waals surface area contributed by atoms with Crippen molar-refractivity contribution < 1.29 is 0 Å². The van der Waals surface area contributed by atoms with Gasteiger partial charge in [0.2, 0.25) is 0 Å². The van der Waals surface area contributed by atoms with Gasteiger partial charge in [-0.15, -0.1) is 11.3 Å². The zero-order valence-corrected chi connectivity index (χ0v) is 13.4. The monoisotopic (exact) mass is 280 g/mol. The van der Waals surface area contributed by atoms with Gasteiger partial charge < -0.3 is 5.32 Å². The molecule has 1 aromatic rings. The topological polar surface area (TPSA) is 15.3 Å². The molecule has 1 N–H and O–H groups in total. The van der Waals surface area contributed by atoms with E-state index in [2.05, 4.69) is 48.5 Å². The fourth-order valence-corrected chi connectivity index (χ4v) is 3.31. The first-order valence-electron chi connectivity index (χ1n) is 7.71. The summed E-state index contributed by atoms with van der Waals surface area (Å²) in [5.41, 5.74) is 0. The van der Waals surface area contributed by atoms with Crippen molar-refractivity contribution in [1.82, 2.24) is 10.2 Å². The van der Waals surface area contributed by atoms with Crippen LogP contribution in [0, 0.1) is 5.92 Å². The summed E-state index contributed by atoms with van der Waals surface area (Å²) in [5, 5.41) is 5.76. The molecule has 3 heteroatoms. The molecule has 0 aliphatic heterocycles. The van der Waals surface area contributed by atoms with Crippen LogP contribution in [-0.4, -0.2) is 30.1 Å². The highest BCUT2D eigenvalue weighted by molar-refractivity contribution is 7.09. The summed E-state index contributed by atoms with van der Waals surface area (Å²) in [7, 11) is 0. The second kappa shape index (κ2) is 7.41. The first kappa shape index (κ1) is 15.0. The predicted octanol–water partition coefficient (Wildman–Crippen LogP) is 3.74. The number of hydrogen-bond acceptors (Lipinski definition) is 3. The van der Waals surface area contributed by atoms with E-state index in [1.807, 2.05) is 11.3 Å². The largest absolute Gasteiger partial charge is 0.316 e. The minimum absolute atomic E-state index is 0.666. The number of nitrogens with zero attached hydrogens (tertiary/aromatic N) is 1. The van der Waals surface area contributed by atoms with E-state index in [0.29, 0.717) is 12.0 Å². The maximum absolute atomic E-state index is 3.56. The van der Waals surface area contributed by atoms with Crippen LogP contribution in [0.1, 0.15) is 44.9 Å². The molecule has 0 radical (unpaired) electrons. The Morgan fingerprint density at radius 2 is 2.21 bits per heavy atom. The van der Waals surface area contributed by atoms with E-state index < -0.39 is 0 Å². The smallest absolute Gasteiger partial charge is 0.0333 e. The number of thiophene rings is 1. The molecule has 1 aliphatic rings. The molecule has 19 heavy (non-hydrogen) atoms. The van der Waals surface area contributed by atoms with Crippen molar-refractivity contribution in [1.29, 1.82) is 0 Å². The van der Waals surface area contributed by atoms with Crippen LogP contribution in [0.4, 0.5) is 0 Å². The Morgan fingerprint density at radius 1 is 1.42 bits per heavy atom. The lowest BCUT2D eigenvalue weighted by Crippen LogP contribution is -2.42. The number of rotatable bonds is 9. The van der Waals surface area contributed by atoms with Gasteiger partial charge in [0.25, 0.3) is 0 Å². The van der Waals surface area contributed by atoms with E-state index in [4.69, 9.17) is 0 Å². The van der Waals surface area contributed by atoms with Gasteiger partial charge in [-0.2, -0.15) is 0 Å². The van der Waals surface area contributed by atoms with E-state index in [-0.39, 0.29) is 0 Å². The third-order valence-corrected chi connectivity index (χ3v) is 5.04. The van der Waals surface area contributed by atoms with Gasteiger partial charge in [0.1, 0.15) is 0 Å². The molecule has 1 saturated carbocycles. The number of nitrogens with one attached hydrogen (secondary N) is 1. The Hall–Kier alpha value is -0.380. The van der Waals surface area contributed by atoms with Gasteiger partial charge in [-0.25, -0.2) is 0 Å². The number of hydrogen-bond donors (Lipinski definition) is 1. The highest BCUT2D eigenvalue weighted by Gasteiger charge is 2.34. The molecule has 2 unspecified atom stereocenters. The molecule has 0 saturated heterocycles. The van der Waals surface area contributed by atoms with E-state index in [1.54, 1.807) is 0 Å². The Labute approximate surface area is 122 Å². The van der Waals surface area contributed by atoms with Crippen molar-refractivity contribution in [2.75, 3.05) is 13.1 Å². The molecule has 0 aromatic carbocycles. The first-order chi connectivity index (χ1) is 9.22. The lowest BCUT2D eigenvalue weighted by Gasteiger charge is -2.33. The van der Waals surface area contributed by atoms with Crippen molar-refractivity contribution in [3.8, 4) is 0 Å². The Balaban J connectivity index is 1.86. The van der Waals surface area contributed by atoms with Gasteiger partial charge in [-0.1, -0.05) is 19.9 Å². The molecule has 0 amide bonds. The predicted molar refractivity (Wildman–Crippen MR) is 84.7 cm³/mol. The van der Waals surface area contributed by atoms with Crippen LogP contribution in [0.15, 0.2) is 17.5 Å². The lowest BCUT2D eigenvalue weighted by molar-refractivity contribution is 0.143. The first-order valence-corrected chi connectivity index (χ1v) is 8.59. The van der Waals surface area contributed by atoms with Gasteiger partial charge in [0, 0.05) is 23.5 Å². The maximum atomic E-state index is 3.56. The molecule has 2 atom stereocenters. The highest BCUT2D eigenvalue weighted by Crippen LogP contribution is 2.32. The molecule has 1 heterocycles. The van der Waals surface area contributed by atoms with E-state index >= 15 is 0 Å². The third-order valence-electron chi connectivity index (χ3n) is 4.17. The molecule has 2 nitrogen and oxygen atoms in total. The minimum Gasteiger partial charge on any atom is -0.316 e. The van der Waals surface area contributed by atoms with Gasteiger partial charge in [-0.3, -0.25) is 4.90 Å². The molecule has 108 valence electrons. The van der Waals surface area contributed by atoms with E-state index in [0.717, 1.165) is 25.7 Å². The van der Waals surface area contributed by atoms with Crippen molar-refractivity contribution in [2.24, 2.45) is 5.92 Å². The lowest BCUT2D eigenvalue weighted by atomic mass is 10.0. The SMILES string of the molecule is CCCNCC(C)C(C)N(Cc1cccs1)C1CC1. The van der Waals surface area contributed by atoms with E-state index in [9.17, 15) is 0 Å². The summed E-state index contributed by atoms with van der Waals surface area (Å²) < 4.78 is 0. The van der Waals surface area contributed by atoms with Crippen molar-refractivity contribution in [3.63, 3.8) is 0 Å². The Bertz CT molecular complexity index is 346. The molecule has 2 rings (SSSR count). The average Bonchev–Trinajstić information content (AvgIpc) is 3.12. The van der Waals surface area contributed by atoms with Gasteiger partial charge in [0.15, 0.2) is 0 Å². The van der Waals surface area contributed by atoms with Crippen molar-refractivity contribution in [3.05, 3.63) is 22.4 Å². The zero-order valence-electron chi connectivity index (χ0n) is 12.6. The molecular formula is C16H28N2S. The summed E-state index contributed by atoms with van der Waals surface area (Å²) in [6.07, 6.45) is 4.01. The standard InChI is InChI=1S/C16H28N2S/c1-4-9-17-11-13(2)14(3)18(15-7-8-15)12-16-6-5-10-19-16/h5-6,10,13-15,17H,4,7-9,11-12H2,1-3H3. The molecule has 1 aromatic heterocycles. The van der Waals surface area contributed by atoms with E-state index in [1.165, 1.54) is 24.1 Å². The zero-order chi connectivity index (χ0) is 13.7. The highest BCUT2D eigenvalue weighted by atomic mass is 32.1. The van der Waals surface area contributed by atoms with Crippen LogP contribution < -0.4 is 5.32 Å². The van der Waals surface area contributed by atoms with Gasteiger partial charge in [0.05, 0.1) is 0 Å². The second-order valence-electron chi connectivity index (χ2n) is 5.90. The summed E-state index contributed by atoms with van der Waals surface area (Å²) in [5.74, 6) is 0.715. The Kier molecular flexibility index (Phi) is 5.86. The summed E-state index contributed by atoms with van der Waals surface area (Å²) in [6, 6.07) is 5.94. The third kappa shape index (κ3) is 4.59. The summed E-state index contributed by atoms with van der Waals surface area (Å²) in [6.45, 7) is 10.4. The van der Waals surface area contributed by atoms with Crippen LogP contribution in [0.2, 0.25) is 0 Å². The normalized spacial score (nSPS) is 18.7. The fourth-order valence-electron chi connectivity index (χ4n) is 2.60. The van der Waals surface area contributed by atoms with Gasteiger partial charge >= 0.3 is 0 Å². The second-order valence-corrected chi connectivity index (χ2v) is 6.94. The molecule has 1 aliphatic carbocycles. The fraction of sp³-hybridized carbons (Fsp3) is 0.750. The summed E-state index contributed by atoms with van der Waals surface area (Å²) >= 11 is 1.89. The molecule has 1 fully saturated rings. The summed E-state index contributed by atoms with van der Waals surface area (Å²) in [4.78, 5) is 4.23. The van der Waals surface area contributed by atoms with Gasteiger partial charge in [-0.05, 0) is 56.6 Å². The van der Waals surface area contributed by atoms with Crippen LogP contribution in [0.3, 0.4) is 0 Å². The minimum atomic E-state index is 0.666. The van der Waals surface area contributed by atoms with Crippen LogP contribution in [0.5, 0.6) is 0 Å². The van der Waals surface area contributed by atoms with Crippen molar-refractivity contribution in [2.45, 2.75) is 58.7 Å². The van der Waals surface area contributed by atoms with Crippen LogP contribution in [0.25, 0.3) is 0 Å². The van der Waals surface area contributed by atoms with Crippen LogP contribution in [-0.2, 0) is 6.54 Å². The Morgan fingerprint density at radius 3 is 2.79 bits per heavy atom. The maximum Gasteiger partial charge on any atom is 0.0333 e. The molecule has 0 spiro atoms. The molecular weight excluding hydrogens is 252 g/mol. The van der Waals surface area contributed by atoms with Crippen molar-refractivity contribution >= 4 is 11.3 Å².